The van der Waals surface area contributed by atoms with Crippen molar-refractivity contribution in [3.8, 4) is 6.07 Å². The second-order valence-corrected chi connectivity index (χ2v) is 7.15. The van der Waals surface area contributed by atoms with Crippen molar-refractivity contribution < 1.29 is 4.84 Å². The third-order valence-electron chi connectivity index (χ3n) is 4.58. The molecule has 1 atom stereocenters. The van der Waals surface area contributed by atoms with Crippen LogP contribution in [0.3, 0.4) is 0 Å². The minimum Gasteiger partial charge on any atom is -0.357 e. The summed E-state index contributed by atoms with van der Waals surface area (Å²) in [6.45, 7) is 1.71. The maximum absolute atomic E-state index is 8.97. The lowest BCUT2D eigenvalue weighted by Crippen LogP contribution is -2.64. The molecule has 1 unspecified atom stereocenters. The fourth-order valence-electron chi connectivity index (χ4n) is 2.94. The van der Waals surface area contributed by atoms with E-state index in [0.29, 0.717) is 35.5 Å². The Bertz CT molecular complexity index is 821. The molecule has 0 aliphatic carbocycles. The van der Waals surface area contributed by atoms with Gasteiger partial charge in [0.05, 0.1) is 32.1 Å². The number of nitrogens with one attached hydrogen (secondary N) is 2. The van der Waals surface area contributed by atoms with Gasteiger partial charge in [0.1, 0.15) is 6.29 Å². The second-order valence-electron chi connectivity index (χ2n) is 6.34. The van der Waals surface area contributed by atoms with Gasteiger partial charge in [0.2, 0.25) is 0 Å². The Hall–Kier alpha value is -1.89. The fourth-order valence-corrected chi connectivity index (χ4v) is 3.45. The van der Waals surface area contributed by atoms with Crippen molar-refractivity contribution >= 4 is 28.9 Å². The van der Waals surface area contributed by atoms with Gasteiger partial charge >= 0.3 is 0 Å². The molecule has 2 N–H and O–H groups in total. The molecule has 1 heterocycles. The Kier molecular flexibility index (Phi) is 7.10. The summed E-state index contributed by atoms with van der Waals surface area (Å²) in [7, 11) is 3.47. The van der Waals surface area contributed by atoms with E-state index in [4.69, 9.17) is 33.3 Å². The lowest BCUT2D eigenvalue weighted by molar-refractivity contribution is -0.277. The second kappa shape index (κ2) is 9.54. The van der Waals surface area contributed by atoms with Gasteiger partial charge in [-0.3, -0.25) is 15.1 Å². The number of nitrogens with zero attached hydrogens (tertiary/aromatic N) is 4. The van der Waals surface area contributed by atoms with Gasteiger partial charge in [-0.15, -0.1) is 5.17 Å². The largest absolute Gasteiger partial charge is 0.357 e. The van der Waals surface area contributed by atoms with Crippen molar-refractivity contribution in [1.82, 2.24) is 20.4 Å². The number of hydrogen-bond donors (Lipinski definition) is 2. The van der Waals surface area contributed by atoms with E-state index >= 15 is 0 Å². The summed E-state index contributed by atoms with van der Waals surface area (Å²) in [4.78, 5) is 7.46. The molecular formula is C19H22Cl2N6O. The molecule has 0 radical (unpaired) electrons. The predicted molar refractivity (Wildman–Crippen MR) is 110 cm³/mol. The highest BCUT2D eigenvalue weighted by molar-refractivity contribution is 6.35. The molecule has 1 aliphatic heterocycles. The van der Waals surface area contributed by atoms with Crippen molar-refractivity contribution in [3.63, 3.8) is 0 Å². The topological polar surface area (TPSA) is 66.8 Å². The van der Waals surface area contributed by atoms with E-state index in [1.807, 2.05) is 42.4 Å². The number of benzene rings is 2. The van der Waals surface area contributed by atoms with Gasteiger partial charge in [0, 0.05) is 34.9 Å². The molecule has 1 saturated heterocycles. The van der Waals surface area contributed by atoms with Crippen LogP contribution in [-0.2, 0) is 11.4 Å². The molecule has 1 fully saturated rings. The first-order valence-electron chi connectivity index (χ1n) is 8.71. The first-order chi connectivity index (χ1) is 13.5. The molecule has 0 aromatic heterocycles. The molecule has 148 valence electrons. The third kappa shape index (κ3) is 4.93. The van der Waals surface area contributed by atoms with Gasteiger partial charge in [-0.05, 0) is 36.4 Å². The standard InChI is InChI=1S/C19H22Cl2N6O/c1-25(28-2)27-12-23-19(24-15-8-6-14(10-22)7-9-15)26(13-27)11-16-17(20)4-3-5-18(16)21/h3-9,19,23-24H,11-13H2,1-2H3. The van der Waals surface area contributed by atoms with Crippen LogP contribution in [0.4, 0.5) is 5.69 Å². The Morgan fingerprint density at radius 2 is 1.93 bits per heavy atom. The molecule has 2 aromatic carbocycles. The van der Waals surface area contributed by atoms with Crippen LogP contribution in [-0.4, -0.2) is 48.9 Å². The average Bonchev–Trinajstić information content (AvgIpc) is 2.71. The lowest BCUT2D eigenvalue weighted by atomic mass is 10.2. The molecular weight excluding hydrogens is 399 g/mol. The summed E-state index contributed by atoms with van der Waals surface area (Å²) < 4.78 is 0. The van der Waals surface area contributed by atoms with Crippen LogP contribution >= 0.6 is 23.2 Å². The van der Waals surface area contributed by atoms with E-state index < -0.39 is 0 Å². The smallest absolute Gasteiger partial charge is 0.137 e. The van der Waals surface area contributed by atoms with Gasteiger partial charge in [0.25, 0.3) is 0 Å². The summed E-state index contributed by atoms with van der Waals surface area (Å²) in [5, 5.41) is 20.8. The van der Waals surface area contributed by atoms with Crippen LogP contribution in [0, 0.1) is 11.3 Å². The maximum Gasteiger partial charge on any atom is 0.137 e. The molecule has 1 aliphatic rings. The highest BCUT2D eigenvalue weighted by atomic mass is 35.5. The number of halogens is 2. The van der Waals surface area contributed by atoms with Crippen molar-refractivity contribution in [3.05, 3.63) is 63.6 Å². The Labute approximate surface area is 174 Å². The van der Waals surface area contributed by atoms with Crippen molar-refractivity contribution in [2.75, 3.05) is 32.8 Å². The van der Waals surface area contributed by atoms with Crippen LogP contribution < -0.4 is 10.6 Å². The van der Waals surface area contributed by atoms with Gasteiger partial charge in [-0.2, -0.15) is 10.3 Å². The van der Waals surface area contributed by atoms with Gasteiger partial charge in [-0.25, -0.2) is 0 Å². The summed E-state index contributed by atoms with van der Waals surface area (Å²) in [5.74, 6) is 0. The minimum atomic E-state index is -0.165. The lowest BCUT2D eigenvalue weighted by Gasteiger charge is -2.44. The normalized spacial score (nSPS) is 18.2. The third-order valence-corrected chi connectivity index (χ3v) is 5.29. The first-order valence-corrected chi connectivity index (χ1v) is 9.47. The molecule has 3 rings (SSSR count). The molecule has 2 aromatic rings. The summed E-state index contributed by atoms with van der Waals surface area (Å²) >= 11 is 12.8. The van der Waals surface area contributed by atoms with Crippen molar-refractivity contribution in [1.29, 1.82) is 5.26 Å². The fraction of sp³-hybridized carbons (Fsp3) is 0.316. The zero-order valence-corrected chi connectivity index (χ0v) is 17.2. The SMILES string of the molecule is CON(C)N1CNC(Nc2ccc(C#N)cc2)N(Cc2c(Cl)cccc2Cl)C1. The first kappa shape index (κ1) is 20.8. The highest BCUT2D eigenvalue weighted by Gasteiger charge is 2.29. The molecule has 0 amide bonds. The van der Waals surface area contributed by atoms with Gasteiger partial charge in [0.15, 0.2) is 0 Å². The van der Waals surface area contributed by atoms with E-state index in [9.17, 15) is 0 Å². The summed E-state index contributed by atoms with van der Waals surface area (Å²) in [5.41, 5.74) is 2.39. The minimum absolute atomic E-state index is 0.165. The number of nitriles is 1. The van der Waals surface area contributed by atoms with Gasteiger partial charge < -0.3 is 5.32 Å². The zero-order valence-electron chi connectivity index (χ0n) is 15.7. The van der Waals surface area contributed by atoms with E-state index in [1.165, 1.54) is 0 Å². The molecule has 28 heavy (non-hydrogen) atoms. The van der Waals surface area contributed by atoms with Crippen LogP contribution in [0.15, 0.2) is 42.5 Å². The maximum atomic E-state index is 8.97. The monoisotopic (exact) mass is 420 g/mol. The van der Waals surface area contributed by atoms with E-state index in [-0.39, 0.29) is 6.29 Å². The molecule has 7 nitrogen and oxygen atoms in total. The quantitative estimate of drug-likeness (QED) is 0.694. The molecule has 0 bridgehead atoms. The van der Waals surface area contributed by atoms with E-state index in [0.717, 1.165) is 11.3 Å². The van der Waals surface area contributed by atoms with Crippen LogP contribution in [0.2, 0.25) is 10.0 Å². The number of hydrazine groups is 1. The van der Waals surface area contributed by atoms with E-state index in [1.54, 1.807) is 24.4 Å². The average molecular weight is 421 g/mol. The summed E-state index contributed by atoms with van der Waals surface area (Å²) in [6.07, 6.45) is -0.165. The predicted octanol–water partition coefficient (Wildman–Crippen LogP) is 3.29. The molecule has 0 saturated carbocycles. The Morgan fingerprint density at radius 3 is 2.54 bits per heavy atom. The summed E-state index contributed by atoms with van der Waals surface area (Å²) in [6, 6.07) is 15.0. The Balaban J connectivity index is 1.81. The van der Waals surface area contributed by atoms with Crippen molar-refractivity contribution in [2.24, 2.45) is 0 Å². The Morgan fingerprint density at radius 1 is 1.25 bits per heavy atom. The number of hydrogen-bond acceptors (Lipinski definition) is 7. The zero-order chi connectivity index (χ0) is 20.1. The van der Waals surface area contributed by atoms with Crippen LogP contribution in [0.25, 0.3) is 0 Å². The van der Waals surface area contributed by atoms with Crippen LogP contribution in [0.1, 0.15) is 11.1 Å². The van der Waals surface area contributed by atoms with Crippen molar-refractivity contribution in [2.45, 2.75) is 12.8 Å². The number of anilines is 1. The highest BCUT2D eigenvalue weighted by Crippen LogP contribution is 2.27. The van der Waals surface area contributed by atoms with E-state index in [2.05, 4.69) is 21.6 Å². The van der Waals surface area contributed by atoms with Crippen LogP contribution in [0.5, 0.6) is 0 Å². The molecule has 9 heteroatoms. The van der Waals surface area contributed by atoms with Gasteiger partial charge in [-0.1, -0.05) is 29.3 Å². The molecule has 0 spiro atoms. The number of rotatable bonds is 6. The number of hydroxylamine groups is 1.